The largest absolute Gasteiger partial charge is 0.352 e. The molecule has 0 spiro atoms. The number of aryl methyl sites for hydroxylation is 2. The Morgan fingerprint density at radius 1 is 1.04 bits per heavy atom. The molecule has 0 aromatic heterocycles. The number of rotatable bonds is 6. The van der Waals surface area contributed by atoms with Crippen molar-refractivity contribution in [2.24, 2.45) is 0 Å². The highest BCUT2D eigenvalue weighted by molar-refractivity contribution is 5.94. The van der Waals surface area contributed by atoms with Crippen LogP contribution in [-0.4, -0.2) is 17.9 Å². The third kappa shape index (κ3) is 5.75. The molecule has 0 radical (unpaired) electrons. The van der Waals surface area contributed by atoms with Crippen LogP contribution in [0.25, 0.3) is 0 Å². The van der Waals surface area contributed by atoms with E-state index >= 15 is 0 Å². The van der Waals surface area contributed by atoms with E-state index in [1.54, 1.807) is 12.1 Å². The van der Waals surface area contributed by atoms with Crippen molar-refractivity contribution < 1.29 is 9.59 Å². The lowest BCUT2D eigenvalue weighted by Gasteiger charge is -2.16. The molecule has 0 aliphatic carbocycles. The third-order valence-corrected chi connectivity index (χ3v) is 4.16. The molecule has 2 N–H and O–H groups in total. The van der Waals surface area contributed by atoms with Crippen molar-refractivity contribution in [3.63, 3.8) is 0 Å². The van der Waals surface area contributed by atoms with Crippen LogP contribution in [0.3, 0.4) is 0 Å². The molecule has 0 fully saturated rings. The Morgan fingerprint density at radius 2 is 1.72 bits per heavy atom. The van der Waals surface area contributed by atoms with Crippen LogP contribution in [0.4, 0.5) is 0 Å². The minimum atomic E-state index is -0.0802. The molecule has 2 aromatic carbocycles. The minimum absolute atomic E-state index is 0.0490. The van der Waals surface area contributed by atoms with Gasteiger partial charge in [-0.15, -0.1) is 0 Å². The molecule has 2 rings (SSSR count). The standard InChI is InChI=1S/C21H26N2O2/c1-14-5-8-20(15(2)11-14)12-16(3)23-21(25)19-9-6-18(7-10-19)13-22-17(4)24/h5-11,16H,12-13H2,1-4H3,(H,22,24)(H,23,25)/t16-/m1/s1. The van der Waals surface area contributed by atoms with Gasteiger partial charge >= 0.3 is 0 Å². The second-order valence-electron chi connectivity index (χ2n) is 6.62. The highest BCUT2D eigenvalue weighted by Gasteiger charge is 2.11. The summed E-state index contributed by atoms with van der Waals surface area (Å²) in [4.78, 5) is 23.3. The van der Waals surface area contributed by atoms with Gasteiger partial charge in [0, 0.05) is 25.1 Å². The Kier molecular flexibility index (Phi) is 6.34. The van der Waals surface area contributed by atoms with Crippen LogP contribution in [0.5, 0.6) is 0 Å². The van der Waals surface area contributed by atoms with Gasteiger partial charge in [0.2, 0.25) is 5.91 Å². The Hall–Kier alpha value is -2.62. The molecule has 1 atom stereocenters. The van der Waals surface area contributed by atoms with E-state index < -0.39 is 0 Å². The van der Waals surface area contributed by atoms with Crippen molar-refractivity contribution in [3.05, 3.63) is 70.3 Å². The maximum Gasteiger partial charge on any atom is 0.251 e. The summed E-state index contributed by atoms with van der Waals surface area (Å²) in [7, 11) is 0. The van der Waals surface area contributed by atoms with Gasteiger partial charge in [0.15, 0.2) is 0 Å². The van der Waals surface area contributed by atoms with Crippen molar-refractivity contribution in [2.45, 2.75) is 46.7 Å². The number of amides is 2. The van der Waals surface area contributed by atoms with Crippen LogP contribution < -0.4 is 10.6 Å². The first-order chi connectivity index (χ1) is 11.8. The average molecular weight is 338 g/mol. The fourth-order valence-electron chi connectivity index (χ4n) is 2.76. The Morgan fingerprint density at radius 3 is 2.32 bits per heavy atom. The van der Waals surface area contributed by atoms with Crippen LogP contribution in [0.2, 0.25) is 0 Å². The van der Waals surface area contributed by atoms with Crippen LogP contribution in [0, 0.1) is 13.8 Å². The van der Waals surface area contributed by atoms with E-state index in [0.29, 0.717) is 12.1 Å². The molecule has 4 nitrogen and oxygen atoms in total. The van der Waals surface area contributed by atoms with Gasteiger partial charge in [-0.1, -0.05) is 35.9 Å². The van der Waals surface area contributed by atoms with E-state index in [1.165, 1.54) is 23.6 Å². The first kappa shape index (κ1) is 18.7. The maximum atomic E-state index is 12.4. The molecular weight excluding hydrogens is 312 g/mol. The Labute approximate surface area is 149 Å². The summed E-state index contributed by atoms with van der Waals surface area (Å²) in [6, 6.07) is 13.7. The average Bonchev–Trinajstić information content (AvgIpc) is 2.56. The summed E-state index contributed by atoms with van der Waals surface area (Å²) in [5.41, 5.74) is 5.35. The van der Waals surface area contributed by atoms with Crippen molar-refractivity contribution >= 4 is 11.8 Å². The molecule has 132 valence electrons. The monoisotopic (exact) mass is 338 g/mol. The predicted molar refractivity (Wildman–Crippen MR) is 101 cm³/mol. The quantitative estimate of drug-likeness (QED) is 0.849. The zero-order chi connectivity index (χ0) is 18.4. The molecule has 0 aliphatic heterocycles. The molecule has 0 unspecified atom stereocenters. The van der Waals surface area contributed by atoms with Crippen LogP contribution in [-0.2, 0) is 17.8 Å². The lowest BCUT2D eigenvalue weighted by Crippen LogP contribution is -2.34. The van der Waals surface area contributed by atoms with Gasteiger partial charge in [-0.05, 0) is 56.0 Å². The molecule has 25 heavy (non-hydrogen) atoms. The minimum Gasteiger partial charge on any atom is -0.352 e. The van der Waals surface area contributed by atoms with Gasteiger partial charge in [-0.25, -0.2) is 0 Å². The van der Waals surface area contributed by atoms with E-state index in [0.717, 1.165) is 12.0 Å². The van der Waals surface area contributed by atoms with Crippen LogP contribution in [0.1, 0.15) is 46.5 Å². The third-order valence-electron chi connectivity index (χ3n) is 4.16. The van der Waals surface area contributed by atoms with Crippen LogP contribution >= 0.6 is 0 Å². The van der Waals surface area contributed by atoms with Gasteiger partial charge < -0.3 is 10.6 Å². The number of carbonyl (C=O) groups is 2. The van der Waals surface area contributed by atoms with E-state index in [4.69, 9.17) is 0 Å². The van der Waals surface area contributed by atoms with Gasteiger partial charge in [0.05, 0.1) is 0 Å². The number of hydrogen-bond acceptors (Lipinski definition) is 2. The van der Waals surface area contributed by atoms with Crippen molar-refractivity contribution in [3.8, 4) is 0 Å². The van der Waals surface area contributed by atoms with E-state index in [-0.39, 0.29) is 17.9 Å². The first-order valence-corrected chi connectivity index (χ1v) is 8.55. The predicted octanol–water partition coefficient (Wildman–Crippen LogP) is 3.30. The fourth-order valence-corrected chi connectivity index (χ4v) is 2.76. The molecule has 0 aliphatic rings. The van der Waals surface area contributed by atoms with Gasteiger partial charge in [0.1, 0.15) is 0 Å². The fraction of sp³-hybridized carbons (Fsp3) is 0.333. The first-order valence-electron chi connectivity index (χ1n) is 8.55. The smallest absolute Gasteiger partial charge is 0.251 e. The number of nitrogens with one attached hydrogen (secondary N) is 2. The highest BCUT2D eigenvalue weighted by atomic mass is 16.2. The van der Waals surface area contributed by atoms with Crippen molar-refractivity contribution in [1.82, 2.24) is 10.6 Å². The SMILES string of the molecule is CC(=O)NCc1ccc(C(=O)N[C@H](C)Cc2ccc(C)cc2C)cc1. The van der Waals surface area contributed by atoms with Gasteiger partial charge in [0.25, 0.3) is 5.91 Å². The van der Waals surface area contributed by atoms with Gasteiger partial charge in [-0.3, -0.25) is 9.59 Å². The van der Waals surface area contributed by atoms with Crippen LogP contribution in [0.15, 0.2) is 42.5 Å². The normalized spacial score (nSPS) is 11.7. The summed E-state index contributed by atoms with van der Waals surface area (Å²) < 4.78 is 0. The van der Waals surface area contributed by atoms with E-state index in [9.17, 15) is 9.59 Å². The Bertz CT molecular complexity index is 751. The molecule has 2 amide bonds. The zero-order valence-electron chi connectivity index (χ0n) is 15.3. The van der Waals surface area contributed by atoms with Crippen molar-refractivity contribution in [2.75, 3.05) is 0 Å². The Balaban J connectivity index is 1.93. The zero-order valence-corrected chi connectivity index (χ0v) is 15.3. The molecule has 0 heterocycles. The van der Waals surface area contributed by atoms with Crippen molar-refractivity contribution in [1.29, 1.82) is 0 Å². The summed E-state index contributed by atoms with van der Waals surface area (Å²) in [6.45, 7) is 8.16. The molecule has 0 saturated heterocycles. The lowest BCUT2D eigenvalue weighted by molar-refractivity contribution is -0.119. The lowest BCUT2D eigenvalue weighted by atomic mass is 10.00. The second-order valence-corrected chi connectivity index (χ2v) is 6.62. The van der Waals surface area contributed by atoms with Gasteiger partial charge in [-0.2, -0.15) is 0 Å². The maximum absolute atomic E-state index is 12.4. The summed E-state index contributed by atoms with van der Waals surface area (Å²) in [5, 5.41) is 5.79. The second kappa shape index (κ2) is 8.47. The number of hydrogen-bond donors (Lipinski definition) is 2. The topological polar surface area (TPSA) is 58.2 Å². The molecule has 4 heteroatoms. The van der Waals surface area contributed by atoms with E-state index in [2.05, 4.69) is 42.7 Å². The molecule has 0 bridgehead atoms. The summed E-state index contributed by atoms with van der Waals surface area (Å²) >= 11 is 0. The molecule has 2 aromatic rings. The summed E-state index contributed by atoms with van der Waals surface area (Å²) in [5.74, 6) is -0.148. The number of benzene rings is 2. The van der Waals surface area contributed by atoms with E-state index in [1.807, 2.05) is 19.1 Å². The number of carbonyl (C=O) groups excluding carboxylic acids is 2. The summed E-state index contributed by atoms with van der Waals surface area (Å²) in [6.07, 6.45) is 0.804. The molecular formula is C21H26N2O2. The highest BCUT2D eigenvalue weighted by Crippen LogP contribution is 2.13. The molecule has 0 saturated carbocycles.